The summed E-state index contributed by atoms with van der Waals surface area (Å²) >= 11 is 0. The van der Waals surface area contributed by atoms with E-state index in [9.17, 15) is 0 Å². The molecule has 1 nitrogen and oxygen atoms in total. The third kappa shape index (κ3) is 1.91. The number of para-hydroxylation sites is 2. The Hall–Kier alpha value is -2.50. The molecule has 0 atom stereocenters. The number of nitrogens with zero attached hydrogens (tertiary/aromatic N) is 1. The molecule has 0 fully saturated rings. The molecule has 0 saturated carbocycles. The van der Waals surface area contributed by atoms with Crippen LogP contribution in [-0.2, 0) is 0 Å². The van der Waals surface area contributed by atoms with Crippen LogP contribution in [0.15, 0.2) is 66.5 Å². The van der Waals surface area contributed by atoms with E-state index in [1.54, 1.807) is 0 Å². The lowest BCUT2D eigenvalue weighted by Gasteiger charge is -2.26. The van der Waals surface area contributed by atoms with Gasteiger partial charge < -0.3 is 4.90 Å². The first-order valence-corrected chi connectivity index (χ1v) is 6.34. The molecule has 19 heavy (non-hydrogen) atoms. The Kier molecular flexibility index (Phi) is 2.83. The highest BCUT2D eigenvalue weighted by atomic mass is 15.1. The van der Waals surface area contributed by atoms with Gasteiger partial charge in [0.05, 0.1) is 17.1 Å². The van der Waals surface area contributed by atoms with E-state index in [2.05, 4.69) is 77.9 Å². The van der Waals surface area contributed by atoms with Crippen molar-refractivity contribution < 1.29 is 0 Å². The van der Waals surface area contributed by atoms with Crippen LogP contribution in [-0.4, -0.2) is 0 Å². The van der Waals surface area contributed by atoms with E-state index in [4.69, 9.17) is 0 Å². The molecule has 1 heteroatoms. The van der Waals surface area contributed by atoms with Crippen LogP contribution in [0.25, 0.3) is 12.2 Å². The molecule has 3 rings (SSSR count). The Bertz CT molecular complexity index is 654. The smallest absolute Gasteiger partial charge is 0.0618 e. The summed E-state index contributed by atoms with van der Waals surface area (Å²) in [5.41, 5.74) is 8.75. The van der Waals surface area contributed by atoms with E-state index in [0.29, 0.717) is 0 Å². The SMILES string of the molecule is C=C=C(C)N1c2ccccc2C=Cc2ccccc21. The summed E-state index contributed by atoms with van der Waals surface area (Å²) in [6.07, 6.45) is 4.31. The standard InChI is InChI=1S/C18H15N/c1-3-14(2)19-17-10-6-4-8-15(17)12-13-16-9-5-7-11-18(16)19/h4-13H,1H2,2H3. The first-order chi connectivity index (χ1) is 9.31. The third-order valence-electron chi connectivity index (χ3n) is 3.39. The van der Waals surface area contributed by atoms with Crippen molar-refractivity contribution in [3.05, 3.63) is 77.7 Å². The van der Waals surface area contributed by atoms with Gasteiger partial charge in [0.1, 0.15) is 0 Å². The third-order valence-corrected chi connectivity index (χ3v) is 3.39. The van der Waals surface area contributed by atoms with Gasteiger partial charge in [-0.15, -0.1) is 5.73 Å². The first-order valence-electron chi connectivity index (χ1n) is 6.34. The van der Waals surface area contributed by atoms with Gasteiger partial charge in [0.2, 0.25) is 0 Å². The zero-order chi connectivity index (χ0) is 13.2. The zero-order valence-electron chi connectivity index (χ0n) is 10.9. The number of rotatable bonds is 1. The summed E-state index contributed by atoms with van der Waals surface area (Å²) in [7, 11) is 0. The second-order valence-electron chi connectivity index (χ2n) is 4.55. The Labute approximate surface area is 113 Å². The molecule has 0 unspecified atom stereocenters. The molecule has 0 bridgehead atoms. The fourth-order valence-corrected chi connectivity index (χ4v) is 2.41. The fraction of sp³-hybridized carbons (Fsp3) is 0.0556. The van der Waals surface area contributed by atoms with Crippen molar-refractivity contribution in [2.24, 2.45) is 0 Å². The van der Waals surface area contributed by atoms with Crippen molar-refractivity contribution in [3.63, 3.8) is 0 Å². The lowest BCUT2D eigenvalue weighted by molar-refractivity contribution is 1.16. The summed E-state index contributed by atoms with van der Waals surface area (Å²) < 4.78 is 0. The molecule has 0 N–H and O–H groups in total. The van der Waals surface area contributed by atoms with Crippen molar-refractivity contribution >= 4 is 23.5 Å². The molecule has 0 aromatic heterocycles. The Morgan fingerprint density at radius 3 is 1.84 bits per heavy atom. The lowest BCUT2D eigenvalue weighted by Crippen LogP contribution is -2.15. The summed E-state index contributed by atoms with van der Waals surface area (Å²) in [4.78, 5) is 2.21. The second-order valence-corrected chi connectivity index (χ2v) is 4.55. The van der Waals surface area contributed by atoms with Gasteiger partial charge in [0.25, 0.3) is 0 Å². The average Bonchev–Trinajstić information content (AvgIpc) is 2.63. The molecule has 1 aliphatic heterocycles. The zero-order valence-corrected chi connectivity index (χ0v) is 10.9. The average molecular weight is 245 g/mol. The first kappa shape index (κ1) is 11.6. The quantitative estimate of drug-likeness (QED) is 0.639. The van der Waals surface area contributed by atoms with Crippen molar-refractivity contribution in [1.82, 2.24) is 0 Å². The van der Waals surface area contributed by atoms with E-state index in [0.717, 1.165) is 17.1 Å². The molecular weight excluding hydrogens is 230 g/mol. The molecule has 1 heterocycles. The summed E-state index contributed by atoms with van der Waals surface area (Å²) in [6.45, 7) is 5.82. The summed E-state index contributed by atoms with van der Waals surface area (Å²) in [5, 5.41) is 0. The van der Waals surface area contributed by atoms with Crippen molar-refractivity contribution in [2.75, 3.05) is 4.90 Å². The van der Waals surface area contributed by atoms with Crippen LogP contribution in [0.4, 0.5) is 11.4 Å². The minimum Gasteiger partial charge on any atom is -0.306 e. The van der Waals surface area contributed by atoms with E-state index in [1.807, 2.05) is 6.92 Å². The number of anilines is 2. The maximum Gasteiger partial charge on any atom is 0.0618 e. The van der Waals surface area contributed by atoms with E-state index >= 15 is 0 Å². The summed E-state index contributed by atoms with van der Waals surface area (Å²) in [6, 6.07) is 16.7. The minimum absolute atomic E-state index is 1.00. The van der Waals surface area contributed by atoms with Gasteiger partial charge in [0.15, 0.2) is 0 Å². The van der Waals surface area contributed by atoms with Crippen LogP contribution in [0.3, 0.4) is 0 Å². The van der Waals surface area contributed by atoms with Gasteiger partial charge in [-0.2, -0.15) is 0 Å². The number of fused-ring (bicyclic) bond motifs is 2. The van der Waals surface area contributed by atoms with Crippen LogP contribution >= 0.6 is 0 Å². The Morgan fingerprint density at radius 2 is 1.37 bits per heavy atom. The maximum absolute atomic E-state index is 3.79. The molecular formula is C18H15N. The predicted octanol–water partition coefficient (Wildman–Crippen LogP) is 5.00. The molecule has 1 aliphatic rings. The van der Waals surface area contributed by atoms with Crippen molar-refractivity contribution in [2.45, 2.75) is 6.92 Å². The predicted molar refractivity (Wildman–Crippen MR) is 82.3 cm³/mol. The largest absolute Gasteiger partial charge is 0.306 e. The molecule has 0 radical (unpaired) electrons. The molecule has 0 spiro atoms. The Morgan fingerprint density at radius 1 is 0.895 bits per heavy atom. The van der Waals surface area contributed by atoms with Crippen LogP contribution in [0, 0.1) is 0 Å². The highest BCUT2D eigenvalue weighted by Gasteiger charge is 2.18. The van der Waals surface area contributed by atoms with Crippen LogP contribution in [0.5, 0.6) is 0 Å². The van der Waals surface area contributed by atoms with Gasteiger partial charge >= 0.3 is 0 Å². The normalized spacial score (nSPS) is 12.2. The number of hydrogen-bond acceptors (Lipinski definition) is 1. The molecule has 92 valence electrons. The molecule has 2 aromatic rings. The monoisotopic (exact) mass is 245 g/mol. The minimum atomic E-state index is 1.00. The van der Waals surface area contributed by atoms with Gasteiger partial charge in [0, 0.05) is 0 Å². The number of hydrogen-bond donors (Lipinski definition) is 0. The van der Waals surface area contributed by atoms with Gasteiger partial charge in [-0.3, -0.25) is 0 Å². The highest BCUT2D eigenvalue weighted by molar-refractivity contribution is 5.90. The Balaban J connectivity index is 2.33. The summed E-state index contributed by atoms with van der Waals surface area (Å²) in [5.74, 6) is 0. The maximum atomic E-state index is 3.79. The van der Waals surface area contributed by atoms with Crippen LogP contribution in [0.2, 0.25) is 0 Å². The molecule has 0 aliphatic carbocycles. The lowest BCUT2D eigenvalue weighted by atomic mass is 10.1. The number of allylic oxidation sites excluding steroid dienone is 1. The van der Waals surface area contributed by atoms with E-state index < -0.39 is 0 Å². The van der Waals surface area contributed by atoms with E-state index in [-0.39, 0.29) is 0 Å². The second kappa shape index (κ2) is 4.64. The van der Waals surface area contributed by atoms with E-state index in [1.165, 1.54) is 11.1 Å². The van der Waals surface area contributed by atoms with Crippen molar-refractivity contribution in [1.29, 1.82) is 0 Å². The number of benzene rings is 2. The topological polar surface area (TPSA) is 3.24 Å². The fourth-order valence-electron chi connectivity index (χ4n) is 2.41. The van der Waals surface area contributed by atoms with Gasteiger partial charge in [-0.25, -0.2) is 0 Å². The molecule has 0 saturated heterocycles. The van der Waals surface area contributed by atoms with Crippen LogP contribution < -0.4 is 4.90 Å². The highest BCUT2D eigenvalue weighted by Crippen LogP contribution is 2.38. The van der Waals surface area contributed by atoms with Crippen molar-refractivity contribution in [3.8, 4) is 0 Å². The molecule has 2 aromatic carbocycles. The van der Waals surface area contributed by atoms with Crippen LogP contribution in [0.1, 0.15) is 18.1 Å². The molecule has 0 amide bonds. The van der Waals surface area contributed by atoms with Gasteiger partial charge in [-0.05, 0) is 30.2 Å². The van der Waals surface area contributed by atoms with Gasteiger partial charge in [-0.1, -0.05) is 55.1 Å².